The van der Waals surface area contributed by atoms with Gasteiger partial charge < -0.3 is 10.6 Å². The summed E-state index contributed by atoms with van der Waals surface area (Å²) in [6, 6.07) is 8.09. The van der Waals surface area contributed by atoms with Crippen molar-refractivity contribution in [3.05, 3.63) is 41.1 Å². The summed E-state index contributed by atoms with van der Waals surface area (Å²) in [5.41, 5.74) is 6.76. The molecule has 2 N–H and O–H groups in total. The van der Waals surface area contributed by atoms with Gasteiger partial charge in [-0.3, -0.25) is 4.79 Å². The number of anilines is 1. The van der Waals surface area contributed by atoms with E-state index in [4.69, 9.17) is 11.0 Å². The number of halogens is 2. The molecule has 6 nitrogen and oxygen atoms in total. The summed E-state index contributed by atoms with van der Waals surface area (Å²) in [6.07, 6.45) is 0.529. The molecule has 0 spiro atoms. The number of nitrogens with zero attached hydrogens (tertiary/aromatic N) is 4. The highest BCUT2D eigenvalue weighted by atomic mass is 19.3. The van der Waals surface area contributed by atoms with E-state index in [1.54, 1.807) is 29.2 Å². The topological polar surface area (TPSA) is 95.9 Å². The maximum absolute atomic E-state index is 14.3. The van der Waals surface area contributed by atoms with Crippen LogP contribution in [-0.4, -0.2) is 28.5 Å². The van der Waals surface area contributed by atoms with Crippen LogP contribution in [0.2, 0.25) is 0 Å². The molecule has 1 aromatic carbocycles. The Morgan fingerprint density at radius 3 is 2.62 bits per heavy atom. The molecule has 1 aliphatic heterocycles. The van der Waals surface area contributed by atoms with Crippen LogP contribution >= 0.6 is 0 Å². The quantitative estimate of drug-likeness (QED) is 0.912. The van der Waals surface area contributed by atoms with E-state index in [1.165, 1.54) is 0 Å². The second kappa shape index (κ2) is 5.73. The second-order valence-electron chi connectivity index (χ2n) is 6.47. The van der Waals surface area contributed by atoms with Gasteiger partial charge in [0.25, 0.3) is 5.92 Å². The van der Waals surface area contributed by atoms with Crippen LogP contribution in [-0.2, 0) is 12.3 Å². The first-order valence-electron chi connectivity index (χ1n) is 8.26. The predicted molar refractivity (Wildman–Crippen MR) is 89.6 cm³/mol. The highest BCUT2D eigenvalue weighted by molar-refractivity contribution is 5.93. The molecule has 132 valence electrons. The lowest BCUT2D eigenvalue weighted by molar-refractivity contribution is -0.00594. The van der Waals surface area contributed by atoms with Crippen molar-refractivity contribution in [2.24, 2.45) is 5.73 Å². The number of aromatic nitrogens is 2. The summed E-state index contributed by atoms with van der Waals surface area (Å²) in [7, 11) is 0. The van der Waals surface area contributed by atoms with Crippen LogP contribution in [0.3, 0.4) is 0 Å². The maximum Gasteiger partial charge on any atom is 0.290 e. The number of nitrogens with two attached hydrogens (primary N) is 1. The predicted octanol–water partition coefficient (Wildman–Crippen LogP) is 2.38. The van der Waals surface area contributed by atoms with Crippen LogP contribution in [0, 0.1) is 11.3 Å². The lowest BCUT2D eigenvalue weighted by Gasteiger charge is -2.36. The van der Waals surface area contributed by atoms with Gasteiger partial charge in [0.15, 0.2) is 0 Å². The second-order valence-corrected chi connectivity index (χ2v) is 6.47. The number of amides is 1. The molecular weight excluding hydrogens is 340 g/mol. The van der Waals surface area contributed by atoms with E-state index in [-0.39, 0.29) is 24.5 Å². The number of benzene rings is 1. The monoisotopic (exact) mass is 355 g/mol. The van der Waals surface area contributed by atoms with Crippen molar-refractivity contribution >= 4 is 11.9 Å². The standard InChI is InChI=1S/C18H15F2N5O/c19-18(20)7-5-13-14(10-1-3-11(4-2-10)16(22)26)23-17(24-15(13)18)25-8-6-12(25)9-21/h1-4,12H,5-8H2,(H2,22,26)/t12-/m1/s1. The third-order valence-corrected chi connectivity index (χ3v) is 4.90. The Morgan fingerprint density at radius 1 is 1.31 bits per heavy atom. The summed E-state index contributed by atoms with van der Waals surface area (Å²) in [4.78, 5) is 21.5. The summed E-state index contributed by atoms with van der Waals surface area (Å²) < 4.78 is 28.6. The number of hydrogen-bond donors (Lipinski definition) is 1. The molecule has 1 aromatic heterocycles. The highest BCUT2D eigenvalue weighted by Crippen LogP contribution is 2.44. The van der Waals surface area contributed by atoms with Crippen LogP contribution in [0.15, 0.2) is 24.3 Å². The number of carbonyl (C=O) groups is 1. The van der Waals surface area contributed by atoms with E-state index in [0.29, 0.717) is 35.3 Å². The molecule has 1 amide bonds. The van der Waals surface area contributed by atoms with Crippen molar-refractivity contribution in [2.75, 3.05) is 11.4 Å². The van der Waals surface area contributed by atoms with Crippen molar-refractivity contribution in [3.8, 4) is 17.3 Å². The molecule has 1 aliphatic carbocycles. The average Bonchev–Trinajstić information content (AvgIpc) is 2.89. The van der Waals surface area contributed by atoms with Gasteiger partial charge in [-0.05, 0) is 25.0 Å². The summed E-state index contributed by atoms with van der Waals surface area (Å²) in [5, 5.41) is 9.14. The molecule has 4 rings (SSSR count). The molecular formula is C18H15F2N5O. The van der Waals surface area contributed by atoms with E-state index >= 15 is 0 Å². The minimum atomic E-state index is -3.01. The molecule has 0 radical (unpaired) electrons. The number of primary amides is 1. The maximum atomic E-state index is 14.3. The number of alkyl halides is 2. The molecule has 0 saturated carbocycles. The largest absolute Gasteiger partial charge is 0.366 e. The van der Waals surface area contributed by atoms with Gasteiger partial charge in [0.05, 0.1) is 11.8 Å². The van der Waals surface area contributed by atoms with E-state index in [2.05, 4.69) is 16.0 Å². The van der Waals surface area contributed by atoms with Gasteiger partial charge in [-0.15, -0.1) is 0 Å². The van der Waals surface area contributed by atoms with E-state index in [1.807, 2.05) is 0 Å². The number of carbonyl (C=O) groups excluding carboxylic acids is 1. The lowest BCUT2D eigenvalue weighted by atomic mass is 10.0. The van der Waals surface area contributed by atoms with Crippen LogP contribution in [0.1, 0.15) is 34.5 Å². The molecule has 2 aliphatic rings. The van der Waals surface area contributed by atoms with Crippen LogP contribution in [0.4, 0.5) is 14.7 Å². The zero-order chi connectivity index (χ0) is 18.5. The van der Waals surface area contributed by atoms with Gasteiger partial charge in [0.1, 0.15) is 11.7 Å². The number of fused-ring (bicyclic) bond motifs is 1. The van der Waals surface area contributed by atoms with Gasteiger partial charge in [0, 0.05) is 29.7 Å². The smallest absolute Gasteiger partial charge is 0.290 e. The fraction of sp³-hybridized carbons (Fsp3) is 0.333. The fourth-order valence-corrected chi connectivity index (χ4v) is 3.33. The Hall–Kier alpha value is -3.08. The lowest BCUT2D eigenvalue weighted by Crippen LogP contribution is -2.48. The van der Waals surface area contributed by atoms with Crippen molar-refractivity contribution in [3.63, 3.8) is 0 Å². The van der Waals surface area contributed by atoms with Gasteiger partial charge in [-0.2, -0.15) is 14.0 Å². The SMILES string of the molecule is N#C[C@H]1CCN1c1nc(-c2ccc(C(N)=O)cc2)c2c(n1)C(F)(F)CC2. The summed E-state index contributed by atoms with van der Waals surface area (Å²) in [5.74, 6) is -3.42. The zero-order valence-electron chi connectivity index (χ0n) is 13.7. The Kier molecular flexibility index (Phi) is 3.61. The molecule has 26 heavy (non-hydrogen) atoms. The third-order valence-electron chi connectivity index (χ3n) is 4.90. The van der Waals surface area contributed by atoms with Crippen molar-refractivity contribution in [2.45, 2.75) is 31.2 Å². The van der Waals surface area contributed by atoms with Gasteiger partial charge in [-0.25, -0.2) is 9.97 Å². The minimum Gasteiger partial charge on any atom is -0.366 e. The van der Waals surface area contributed by atoms with E-state index < -0.39 is 17.9 Å². The first-order valence-corrected chi connectivity index (χ1v) is 8.26. The number of rotatable bonds is 3. The molecule has 8 heteroatoms. The molecule has 0 unspecified atom stereocenters. The van der Waals surface area contributed by atoms with E-state index in [0.717, 1.165) is 0 Å². The normalized spacial score (nSPS) is 20.2. The molecule has 1 saturated heterocycles. The number of hydrogen-bond acceptors (Lipinski definition) is 5. The van der Waals surface area contributed by atoms with Crippen LogP contribution in [0.25, 0.3) is 11.3 Å². The Morgan fingerprint density at radius 2 is 2.04 bits per heavy atom. The fourth-order valence-electron chi connectivity index (χ4n) is 3.33. The third kappa shape index (κ3) is 2.47. The first-order chi connectivity index (χ1) is 12.4. The highest BCUT2D eigenvalue weighted by Gasteiger charge is 2.44. The van der Waals surface area contributed by atoms with Crippen LogP contribution in [0.5, 0.6) is 0 Å². The average molecular weight is 355 g/mol. The zero-order valence-corrected chi connectivity index (χ0v) is 13.7. The van der Waals surface area contributed by atoms with Gasteiger partial charge >= 0.3 is 0 Å². The first kappa shape index (κ1) is 16.4. The van der Waals surface area contributed by atoms with Crippen molar-refractivity contribution in [1.82, 2.24) is 9.97 Å². The van der Waals surface area contributed by atoms with Gasteiger partial charge in [-0.1, -0.05) is 12.1 Å². The minimum absolute atomic E-state index is 0.150. The molecule has 1 atom stereocenters. The summed E-state index contributed by atoms with van der Waals surface area (Å²) in [6.45, 7) is 0.558. The Balaban J connectivity index is 1.84. The van der Waals surface area contributed by atoms with Crippen molar-refractivity contribution < 1.29 is 13.6 Å². The van der Waals surface area contributed by atoms with E-state index in [9.17, 15) is 13.6 Å². The Bertz CT molecular complexity index is 936. The molecule has 0 bridgehead atoms. The number of nitriles is 1. The summed E-state index contributed by atoms with van der Waals surface area (Å²) >= 11 is 0. The van der Waals surface area contributed by atoms with Crippen molar-refractivity contribution in [1.29, 1.82) is 5.26 Å². The van der Waals surface area contributed by atoms with Crippen LogP contribution < -0.4 is 10.6 Å². The van der Waals surface area contributed by atoms with Gasteiger partial charge in [0.2, 0.25) is 11.9 Å². The molecule has 2 aromatic rings. The molecule has 1 fully saturated rings. The Labute approximate surface area is 148 Å². The molecule has 2 heterocycles.